The summed E-state index contributed by atoms with van der Waals surface area (Å²) >= 11 is 0. The zero-order valence-electron chi connectivity index (χ0n) is 18.5. The second kappa shape index (κ2) is 7.05. The van der Waals surface area contributed by atoms with E-state index in [-0.39, 0.29) is 40.0 Å². The van der Waals surface area contributed by atoms with Gasteiger partial charge in [-0.05, 0) is 30.7 Å². The van der Waals surface area contributed by atoms with Gasteiger partial charge in [-0.1, -0.05) is 41.9 Å². The first-order valence-corrected chi connectivity index (χ1v) is 11.1. The molecule has 2 aliphatic carbocycles. The molecule has 6 rings (SSSR count). The Labute approximate surface area is 200 Å². The largest absolute Gasteiger partial charge is 0.507 e. The van der Waals surface area contributed by atoms with Crippen LogP contribution in [0.1, 0.15) is 49.9 Å². The molecule has 6 N–H and O–H groups in total. The molecular weight excluding hydrogens is 448 g/mol. The molecule has 5 unspecified atom stereocenters. The minimum absolute atomic E-state index is 0.0414. The van der Waals surface area contributed by atoms with Crippen molar-refractivity contribution in [1.82, 2.24) is 0 Å². The molecule has 5 atom stereocenters. The number of rotatable bonds is 2. The van der Waals surface area contributed by atoms with Crippen LogP contribution in [0.4, 0.5) is 5.69 Å². The molecule has 0 aromatic heterocycles. The van der Waals surface area contributed by atoms with Crippen molar-refractivity contribution in [3.63, 3.8) is 0 Å². The molecule has 35 heavy (non-hydrogen) atoms. The van der Waals surface area contributed by atoms with Crippen molar-refractivity contribution in [2.75, 3.05) is 5.32 Å². The summed E-state index contributed by atoms with van der Waals surface area (Å²) in [4.78, 5) is 27.3. The van der Waals surface area contributed by atoms with E-state index in [1.807, 2.05) is 0 Å². The van der Waals surface area contributed by atoms with Crippen LogP contribution in [0.2, 0.25) is 0 Å². The summed E-state index contributed by atoms with van der Waals surface area (Å²) in [6.45, 7) is 1.56. The van der Waals surface area contributed by atoms with E-state index in [9.17, 15) is 24.9 Å². The maximum atomic E-state index is 13.8. The number of anilines is 1. The van der Waals surface area contributed by atoms with E-state index in [2.05, 4.69) is 29.0 Å². The molecule has 8 nitrogen and oxygen atoms in total. The van der Waals surface area contributed by atoms with Crippen molar-refractivity contribution in [2.24, 2.45) is 5.73 Å². The number of aliphatic hydroxyl groups is 2. The van der Waals surface area contributed by atoms with E-state index < -0.39 is 46.8 Å². The van der Waals surface area contributed by atoms with Crippen molar-refractivity contribution in [1.29, 1.82) is 0 Å². The number of hydrogen-bond acceptors (Lipinski definition) is 8. The lowest BCUT2D eigenvalue weighted by Gasteiger charge is -2.37. The number of phenols is 1. The van der Waals surface area contributed by atoms with Crippen LogP contribution < -0.4 is 11.1 Å². The number of hydrogen-bond donors (Lipinski definition) is 5. The molecule has 2 aliphatic heterocycles. The third-order valence-electron chi connectivity index (χ3n) is 7.29. The zero-order chi connectivity index (χ0) is 24.7. The summed E-state index contributed by atoms with van der Waals surface area (Å²) in [5, 5.41) is 36.2. The molecule has 0 spiro atoms. The standard InChI is InChI=1S/C27H20N2O6/c1-13(30)26-18-9-4-2-3-5-10-19(32)27(26,35-26)16-11-17(31)21-22(23(16)29-18)24(33)15-8-6-7-14(12-28)20(15)25(21)34/h2-3,6-8,11,13,18-19,29-32H,12,28H2,1H3. The van der Waals surface area contributed by atoms with Gasteiger partial charge in [-0.3, -0.25) is 9.59 Å². The molecule has 2 bridgehead atoms. The van der Waals surface area contributed by atoms with Gasteiger partial charge >= 0.3 is 0 Å². The van der Waals surface area contributed by atoms with Gasteiger partial charge in [0.05, 0.1) is 22.9 Å². The first-order chi connectivity index (χ1) is 16.8. The van der Waals surface area contributed by atoms with E-state index in [4.69, 9.17) is 10.5 Å². The Balaban J connectivity index is 1.68. The number of carbonyl (C=O) groups excluding carboxylic acids is 2. The number of carbonyl (C=O) groups is 2. The predicted octanol–water partition coefficient (Wildman–Crippen LogP) is 0.703. The Morgan fingerprint density at radius 2 is 1.89 bits per heavy atom. The van der Waals surface area contributed by atoms with Crippen LogP contribution in [0.15, 0.2) is 36.4 Å². The van der Waals surface area contributed by atoms with Crippen molar-refractivity contribution < 1.29 is 29.6 Å². The van der Waals surface area contributed by atoms with Gasteiger partial charge < -0.3 is 31.1 Å². The summed E-state index contributed by atoms with van der Waals surface area (Å²) in [5.41, 5.74) is 3.88. The highest BCUT2D eigenvalue weighted by Crippen LogP contribution is 2.67. The number of nitrogens with one attached hydrogen (secondary N) is 1. The van der Waals surface area contributed by atoms with Crippen molar-refractivity contribution in [2.45, 2.75) is 42.9 Å². The van der Waals surface area contributed by atoms with Gasteiger partial charge in [0.1, 0.15) is 11.8 Å². The Morgan fingerprint density at radius 3 is 2.60 bits per heavy atom. The molecule has 0 amide bonds. The molecule has 2 aromatic rings. The number of allylic oxidation sites excluding steroid dienone is 2. The summed E-state index contributed by atoms with van der Waals surface area (Å²) in [5.74, 6) is 9.79. The molecule has 174 valence electrons. The number of benzene rings is 2. The quantitative estimate of drug-likeness (QED) is 0.210. The van der Waals surface area contributed by atoms with Crippen LogP contribution in [-0.2, 0) is 16.9 Å². The molecule has 0 radical (unpaired) electrons. The van der Waals surface area contributed by atoms with E-state index >= 15 is 0 Å². The van der Waals surface area contributed by atoms with Crippen LogP contribution in [0, 0.1) is 23.7 Å². The maximum absolute atomic E-state index is 13.8. The lowest BCUT2D eigenvalue weighted by molar-refractivity contribution is 0.0867. The molecule has 2 aromatic carbocycles. The van der Waals surface area contributed by atoms with Crippen LogP contribution in [0.3, 0.4) is 0 Å². The number of fused-ring (bicyclic) bond motifs is 4. The minimum atomic E-state index is -1.59. The van der Waals surface area contributed by atoms with Crippen LogP contribution in [0.5, 0.6) is 5.75 Å². The van der Waals surface area contributed by atoms with Crippen LogP contribution in [-0.4, -0.2) is 50.7 Å². The molecule has 0 saturated carbocycles. The van der Waals surface area contributed by atoms with Gasteiger partial charge in [0.15, 0.2) is 28.9 Å². The van der Waals surface area contributed by atoms with Crippen molar-refractivity contribution in [3.8, 4) is 29.4 Å². The summed E-state index contributed by atoms with van der Waals surface area (Å²) in [6, 6.07) is 5.29. The van der Waals surface area contributed by atoms with E-state index in [0.717, 1.165) is 0 Å². The van der Waals surface area contributed by atoms with Gasteiger partial charge in [-0.15, -0.1) is 0 Å². The maximum Gasteiger partial charge on any atom is 0.198 e. The number of phenolic OH excluding ortho intramolecular Hbond substituents is 1. The summed E-state index contributed by atoms with van der Waals surface area (Å²) in [6.07, 6.45) is 0.464. The molecule has 8 heteroatoms. The van der Waals surface area contributed by atoms with E-state index in [1.54, 1.807) is 18.2 Å². The second-order valence-electron chi connectivity index (χ2n) is 8.97. The topological polar surface area (TPSA) is 145 Å². The SMILES string of the molecule is CC(O)C12OC13c1cc(O)c4c(c1NC2C#CC=CC#CC3O)C(=O)c1cccc(CN)c1C4=O. The Morgan fingerprint density at radius 1 is 1.14 bits per heavy atom. The molecule has 1 saturated heterocycles. The summed E-state index contributed by atoms with van der Waals surface area (Å²) in [7, 11) is 0. The minimum Gasteiger partial charge on any atom is -0.507 e. The normalized spacial score (nSPS) is 29.6. The monoisotopic (exact) mass is 468 g/mol. The fourth-order valence-electron chi connectivity index (χ4n) is 5.73. The number of nitrogens with two attached hydrogens (primary N) is 1. The first-order valence-electron chi connectivity index (χ1n) is 11.1. The highest BCUT2D eigenvalue weighted by molar-refractivity contribution is 6.31. The number of aliphatic hydroxyl groups excluding tert-OH is 2. The van der Waals surface area contributed by atoms with Crippen molar-refractivity contribution >= 4 is 17.3 Å². The third-order valence-corrected chi connectivity index (χ3v) is 7.29. The number of ketones is 2. The average Bonchev–Trinajstić information content (AvgIpc) is 3.57. The zero-order valence-corrected chi connectivity index (χ0v) is 18.5. The van der Waals surface area contributed by atoms with Gasteiger partial charge in [-0.2, -0.15) is 0 Å². The fourth-order valence-corrected chi connectivity index (χ4v) is 5.73. The van der Waals surface area contributed by atoms with E-state index in [0.29, 0.717) is 5.56 Å². The molecule has 1 fully saturated rings. The van der Waals surface area contributed by atoms with Gasteiger partial charge in [0.25, 0.3) is 0 Å². The van der Waals surface area contributed by atoms with Crippen molar-refractivity contribution in [3.05, 3.63) is 69.8 Å². The van der Waals surface area contributed by atoms with E-state index in [1.165, 1.54) is 25.1 Å². The number of epoxide rings is 1. The smallest absolute Gasteiger partial charge is 0.198 e. The Bertz CT molecular complexity index is 1520. The second-order valence-corrected chi connectivity index (χ2v) is 8.97. The Hall–Kier alpha value is -3.92. The van der Waals surface area contributed by atoms with Crippen LogP contribution in [0.25, 0.3) is 0 Å². The molecular formula is C27H20N2O6. The number of aromatic hydroxyl groups is 1. The molecule has 2 heterocycles. The Kier molecular flexibility index (Phi) is 4.35. The fraction of sp³-hybridized carbons (Fsp3) is 0.259. The predicted molar refractivity (Wildman–Crippen MR) is 125 cm³/mol. The highest BCUT2D eigenvalue weighted by atomic mass is 16.7. The highest BCUT2D eigenvalue weighted by Gasteiger charge is 2.82. The van der Waals surface area contributed by atoms with Crippen LogP contribution >= 0.6 is 0 Å². The lowest BCUT2D eigenvalue weighted by atomic mass is 9.69. The average molecular weight is 468 g/mol. The third kappa shape index (κ3) is 2.47. The lowest BCUT2D eigenvalue weighted by Crippen LogP contribution is -2.54. The molecule has 4 aliphatic rings. The van der Waals surface area contributed by atoms with Gasteiger partial charge in [0, 0.05) is 23.2 Å². The summed E-state index contributed by atoms with van der Waals surface area (Å²) < 4.78 is 6.14. The van der Waals surface area contributed by atoms with Gasteiger partial charge in [0.2, 0.25) is 0 Å². The van der Waals surface area contributed by atoms with Gasteiger partial charge in [-0.25, -0.2) is 0 Å². The number of ether oxygens (including phenoxy) is 1. The first kappa shape index (κ1) is 21.6.